The molecule has 0 fully saturated rings. The summed E-state index contributed by atoms with van der Waals surface area (Å²) < 4.78 is 10.2. The van der Waals surface area contributed by atoms with E-state index in [0.717, 1.165) is 5.56 Å². The third-order valence-corrected chi connectivity index (χ3v) is 2.89. The molecule has 0 spiro atoms. The van der Waals surface area contributed by atoms with Crippen molar-refractivity contribution in [3.63, 3.8) is 0 Å². The van der Waals surface area contributed by atoms with E-state index in [4.69, 9.17) is 9.15 Å². The average molecular weight is 287 g/mol. The van der Waals surface area contributed by atoms with E-state index in [1.807, 2.05) is 24.3 Å². The molecule has 5 nitrogen and oxygen atoms in total. The Hall–Kier alpha value is -2.53. The molecule has 1 aromatic carbocycles. The number of amides is 1. The first-order valence-corrected chi connectivity index (χ1v) is 6.51. The van der Waals surface area contributed by atoms with Gasteiger partial charge in [-0.3, -0.25) is 4.79 Å². The standard InChI is InChI=1S/C16H17NO4/c1-20-14-6-3-2-5-12(14)8-9-16(19)17-11-13(18)15-7-4-10-21-15/h2-10,13,18H,11H2,1H3,(H,17,19)/b9-8+. The van der Waals surface area contributed by atoms with Crippen LogP contribution < -0.4 is 10.1 Å². The number of benzene rings is 1. The maximum absolute atomic E-state index is 11.7. The van der Waals surface area contributed by atoms with Crippen molar-refractivity contribution in [3.05, 3.63) is 60.1 Å². The number of ether oxygens (including phenoxy) is 1. The van der Waals surface area contributed by atoms with E-state index in [1.165, 1.54) is 12.3 Å². The van der Waals surface area contributed by atoms with Crippen molar-refractivity contribution >= 4 is 12.0 Å². The molecule has 2 aromatic rings. The van der Waals surface area contributed by atoms with Gasteiger partial charge in [-0.2, -0.15) is 0 Å². The molecule has 1 atom stereocenters. The van der Waals surface area contributed by atoms with E-state index < -0.39 is 6.10 Å². The van der Waals surface area contributed by atoms with Crippen molar-refractivity contribution in [2.75, 3.05) is 13.7 Å². The molecule has 0 aliphatic carbocycles. The molecule has 2 rings (SSSR count). The quantitative estimate of drug-likeness (QED) is 0.799. The van der Waals surface area contributed by atoms with Gasteiger partial charge in [0.2, 0.25) is 5.91 Å². The lowest BCUT2D eigenvalue weighted by Gasteiger charge is -2.08. The number of aliphatic hydroxyl groups is 1. The molecular formula is C16H17NO4. The third kappa shape index (κ3) is 4.22. The van der Waals surface area contributed by atoms with E-state index >= 15 is 0 Å². The lowest BCUT2D eigenvalue weighted by Crippen LogP contribution is -2.26. The summed E-state index contributed by atoms with van der Waals surface area (Å²) in [4.78, 5) is 11.7. The van der Waals surface area contributed by atoms with Crippen molar-refractivity contribution in [3.8, 4) is 5.75 Å². The first-order chi connectivity index (χ1) is 10.2. The molecule has 1 amide bonds. The van der Waals surface area contributed by atoms with Crippen LogP contribution in [0.5, 0.6) is 5.75 Å². The van der Waals surface area contributed by atoms with Gasteiger partial charge >= 0.3 is 0 Å². The molecule has 0 saturated heterocycles. The number of methoxy groups -OCH3 is 1. The van der Waals surface area contributed by atoms with Crippen molar-refractivity contribution in [2.24, 2.45) is 0 Å². The number of furan rings is 1. The molecule has 1 unspecified atom stereocenters. The molecule has 0 aliphatic heterocycles. The topological polar surface area (TPSA) is 71.7 Å². The highest BCUT2D eigenvalue weighted by atomic mass is 16.5. The van der Waals surface area contributed by atoms with Crippen LogP contribution in [0.2, 0.25) is 0 Å². The number of hydrogen-bond donors (Lipinski definition) is 2. The minimum atomic E-state index is -0.858. The Morgan fingerprint density at radius 3 is 2.90 bits per heavy atom. The maximum Gasteiger partial charge on any atom is 0.244 e. The fourth-order valence-electron chi connectivity index (χ4n) is 1.81. The molecule has 21 heavy (non-hydrogen) atoms. The van der Waals surface area contributed by atoms with Gasteiger partial charge in [-0.25, -0.2) is 0 Å². The molecule has 0 radical (unpaired) electrons. The molecular weight excluding hydrogens is 270 g/mol. The van der Waals surface area contributed by atoms with Crippen molar-refractivity contribution in [2.45, 2.75) is 6.10 Å². The van der Waals surface area contributed by atoms with Crippen LogP contribution in [0.25, 0.3) is 6.08 Å². The van der Waals surface area contributed by atoms with Crippen LogP contribution in [-0.4, -0.2) is 24.7 Å². The van der Waals surface area contributed by atoms with Crippen molar-refractivity contribution < 1.29 is 19.1 Å². The molecule has 5 heteroatoms. The number of para-hydroxylation sites is 1. The highest BCUT2D eigenvalue weighted by Crippen LogP contribution is 2.18. The minimum Gasteiger partial charge on any atom is -0.496 e. The molecule has 0 saturated carbocycles. The Labute approximate surface area is 122 Å². The number of nitrogens with one attached hydrogen (secondary N) is 1. The summed E-state index contributed by atoms with van der Waals surface area (Å²) in [6.45, 7) is 0.0859. The summed E-state index contributed by atoms with van der Waals surface area (Å²) in [6.07, 6.45) is 3.67. The fourth-order valence-corrected chi connectivity index (χ4v) is 1.81. The van der Waals surface area contributed by atoms with Crippen molar-refractivity contribution in [1.82, 2.24) is 5.32 Å². The predicted molar refractivity (Wildman–Crippen MR) is 78.7 cm³/mol. The Morgan fingerprint density at radius 1 is 1.38 bits per heavy atom. The minimum absolute atomic E-state index is 0.0859. The second-order valence-electron chi connectivity index (χ2n) is 4.35. The van der Waals surface area contributed by atoms with E-state index in [1.54, 1.807) is 25.3 Å². The summed E-state index contributed by atoms with van der Waals surface area (Å²) in [5, 5.41) is 12.4. The zero-order chi connectivity index (χ0) is 15.1. The summed E-state index contributed by atoms with van der Waals surface area (Å²) in [7, 11) is 1.58. The summed E-state index contributed by atoms with van der Waals surface area (Å²) in [5.41, 5.74) is 0.807. The van der Waals surface area contributed by atoms with Crippen LogP contribution in [-0.2, 0) is 4.79 Å². The van der Waals surface area contributed by atoms with Gasteiger partial charge in [-0.1, -0.05) is 18.2 Å². The lowest BCUT2D eigenvalue weighted by molar-refractivity contribution is -0.116. The van der Waals surface area contributed by atoms with Crippen LogP contribution in [0.4, 0.5) is 0 Å². The summed E-state index contributed by atoms with van der Waals surface area (Å²) in [5.74, 6) is 0.813. The number of rotatable bonds is 6. The number of hydrogen-bond acceptors (Lipinski definition) is 4. The molecule has 2 N–H and O–H groups in total. The number of carbonyl (C=O) groups excluding carboxylic acids is 1. The van der Waals surface area contributed by atoms with E-state index in [2.05, 4.69) is 5.32 Å². The normalized spacial score (nSPS) is 12.3. The average Bonchev–Trinajstić information content (AvgIpc) is 3.05. The molecule has 0 bridgehead atoms. The zero-order valence-corrected chi connectivity index (χ0v) is 11.7. The lowest BCUT2D eigenvalue weighted by atomic mass is 10.2. The van der Waals surface area contributed by atoms with Gasteiger partial charge in [0.05, 0.1) is 19.9 Å². The first-order valence-electron chi connectivity index (χ1n) is 6.51. The Kier molecular flexibility index (Phi) is 5.17. The largest absolute Gasteiger partial charge is 0.496 e. The Bertz CT molecular complexity index is 604. The van der Waals surface area contributed by atoms with Crippen molar-refractivity contribution in [1.29, 1.82) is 0 Å². The Morgan fingerprint density at radius 2 is 2.19 bits per heavy atom. The number of aliphatic hydroxyl groups excluding tert-OH is 1. The second kappa shape index (κ2) is 7.31. The van der Waals surface area contributed by atoms with Gasteiger partial charge in [0.1, 0.15) is 17.6 Å². The van der Waals surface area contributed by atoms with E-state index in [9.17, 15) is 9.90 Å². The zero-order valence-electron chi connectivity index (χ0n) is 11.7. The first kappa shape index (κ1) is 14.9. The third-order valence-electron chi connectivity index (χ3n) is 2.89. The SMILES string of the molecule is COc1ccccc1/C=C/C(=O)NCC(O)c1ccco1. The highest BCUT2D eigenvalue weighted by molar-refractivity contribution is 5.92. The predicted octanol–water partition coefficient (Wildman–Crippen LogP) is 2.15. The van der Waals surface area contributed by atoms with Crippen LogP contribution >= 0.6 is 0 Å². The second-order valence-corrected chi connectivity index (χ2v) is 4.35. The van der Waals surface area contributed by atoms with Crippen LogP contribution in [0, 0.1) is 0 Å². The van der Waals surface area contributed by atoms with E-state index in [-0.39, 0.29) is 12.5 Å². The van der Waals surface area contributed by atoms with Gasteiger partial charge in [0.15, 0.2) is 0 Å². The van der Waals surface area contributed by atoms with Gasteiger partial charge < -0.3 is 19.6 Å². The van der Waals surface area contributed by atoms with Crippen LogP contribution in [0.15, 0.2) is 53.2 Å². The van der Waals surface area contributed by atoms with Gasteiger partial charge in [0, 0.05) is 11.6 Å². The monoisotopic (exact) mass is 287 g/mol. The maximum atomic E-state index is 11.7. The highest BCUT2D eigenvalue weighted by Gasteiger charge is 2.10. The van der Waals surface area contributed by atoms with Gasteiger partial charge in [0.25, 0.3) is 0 Å². The molecule has 0 aliphatic rings. The summed E-state index contributed by atoms with van der Waals surface area (Å²) in [6, 6.07) is 10.7. The van der Waals surface area contributed by atoms with Gasteiger partial charge in [-0.15, -0.1) is 0 Å². The summed E-state index contributed by atoms with van der Waals surface area (Å²) >= 11 is 0. The smallest absolute Gasteiger partial charge is 0.244 e. The fraction of sp³-hybridized carbons (Fsp3) is 0.188. The number of carbonyl (C=O) groups is 1. The molecule has 110 valence electrons. The van der Waals surface area contributed by atoms with E-state index in [0.29, 0.717) is 11.5 Å². The van der Waals surface area contributed by atoms with Crippen LogP contribution in [0.1, 0.15) is 17.4 Å². The van der Waals surface area contributed by atoms with Gasteiger partial charge in [-0.05, 0) is 24.3 Å². The van der Waals surface area contributed by atoms with Crippen LogP contribution in [0.3, 0.4) is 0 Å². The molecule has 1 heterocycles. The Balaban J connectivity index is 1.88. The molecule has 1 aromatic heterocycles.